The Morgan fingerprint density at radius 3 is 2.23 bits per heavy atom. The molecule has 1 aliphatic rings. The monoisotopic (exact) mass is 407 g/mol. The number of ether oxygens (including phenoxy) is 2. The van der Waals surface area contributed by atoms with Gasteiger partial charge in [-0.1, -0.05) is 12.1 Å². The lowest BCUT2D eigenvalue weighted by atomic mass is 10.1. The first-order valence-corrected chi connectivity index (χ1v) is 9.45. The van der Waals surface area contributed by atoms with E-state index >= 15 is 0 Å². The van der Waals surface area contributed by atoms with Gasteiger partial charge in [-0.25, -0.2) is 0 Å². The summed E-state index contributed by atoms with van der Waals surface area (Å²) in [5.74, 6) is 1.17. The van der Waals surface area contributed by atoms with Crippen LogP contribution in [0.1, 0.15) is 37.7 Å². The van der Waals surface area contributed by atoms with E-state index < -0.39 is 0 Å². The lowest BCUT2D eigenvalue weighted by Crippen LogP contribution is -2.32. The van der Waals surface area contributed by atoms with Crippen molar-refractivity contribution in [1.29, 1.82) is 0 Å². The van der Waals surface area contributed by atoms with Crippen molar-refractivity contribution < 1.29 is 19.1 Å². The molecule has 0 aliphatic carbocycles. The molecule has 2 heterocycles. The largest absolute Gasteiger partial charge is 0.493 e. The highest BCUT2D eigenvalue weighted by Gasteiger charge is 2.34. The van der Waals surface area contributed by atoms with Crippen LogP contribution in [0.25, 0.3) is 0 Å². The van der Waals surface area contributed by atoms with Gasteiger partial charge in [0, 0.05) is 13.0 Å². The SMILES string of the molecule is COc1cc(C)c(Cn2nnc(CCN3C(=O)c4ccccc4C3=O)n2)cc1OC. The highest BCUT2D eigenvalue weighted by atomic mass is 16.5. The topological polar surface area (TPSA) is 99.4 Å². The number of methoxy groups -OCH3 is 2. The lowest BCUT2D eigenvalue weighted by molar-refractivity contribution is 0.0655. The summed E-state index contributed by atoms with van der Waals surface area (Å²) in [6.07, 6.45) is 0.330. The minimum atomic E-state index is -0.288. The van der Waals surface area contributed by atoms with Crippen LogP contribution in [0.15, 0.2) is 36.4 Å². The Hall–Kier alpha value is -3.75. The summed E-state index contributed by atoms with van der Waals surface area (Å²) in [4.78, 5) is 27.6. The third-order valence-electron chi connectivity index (χ3n) is 5.09. The number of tetrazole rings is 1. The van der Waals surface area contributed by atoms with E-state index in [4.69, 9.17) is 9.47 Å². The van der Waals surface area contributed by atoms with Crippen molar-refractivity contribution in [3.05, 3.63) is 64.5 Å². The average Bonchev–Trinajstić information content (AvgIpc) is 3.30. The highest BCUT2D eigenvalue weighted by molar-refractivity contribution is 6.21. The number of aryl methyl sites for hydroxylation is 1. The molecule has 0 radical (unpaired) electrons. The quantitative estimate of drug-likeness (QED) is 0.552. The van der Waals surface area contributed by atoms with Crippen molar-refractivity contribution in [2.45, 2.75) is 19.9 Å². The van der Waals surface area contributed by atoms with Crippen molar-refractivity contribution >= 4 is 11.8 Å². The number of carbonyl (C=O) groups is 2. The number of carbonyl (C=O) groups excluding carboxylic acids is 2. The van der Waals surface area contributed by atoms with E-state index in [0.29, 0.717) is 41.4 Å². The van der Waals surface area contributed by atoms with E-state index in [1.54, 1.807) is 38.5 Å². The van der Waals surface area contributed by atoms with Crippen molar-refractivity contribution in [1.82, 2.24) is 25.1 Å². The molecule has 9 heteroatoms. The molecule has 0 bridgehead atoms. The highest BCUT2D eigenvalue weighted by Crippen LogP contribution is 2.30. The minimum Gasteiger partial charge on any atom is -0.493 e. The number of nitrogens with zero attached hydrogens (tertiary/aromatic N) is 5. The molecule has 0 spiro atoms. The van der Waals surface area contributed by atoms with Crippen LogP contribution < -0.4 is 9.47 Å². The van der Waals surface area contributed by atoms with Crippen LogP contribution in [0.2, 0.25) is 0 Å². The van der Waals surface area contributed by atoms with E-state index in [1.807, 2.05) is 19.1 Å². The number of hydrogen-bond donors (Lipinski definition) is 0. The smallest absolute Gasteiger partial charge is 0.261 e. The van der Waals surface area contributed by atoms with Gasteiger partial charge < -0.3 is 9.47 Å². The van der Waals surface area contributed by atoms with Crippen molar-refractivity contribution in [2.75, 3.05) is 20.8 Å². The van der Waals surface area contributed by atoms with Gasteiger partial charge in [-0.3, -0.25) is 14.5 Å². The molecule has 4 rings (SSSR count). The molecule has 3 aromatic rings. The van der Waals surface area contributed by atoms with Gasteiger partial charge in [0.05, 0.1) is 31.9 Å². The molecule has 0 N–H and O–H groups in total. The molecule has 0 fully saturated rings. The first kappa shape index (κ1) is 19.6. The van der Waals surface area contributed by atoms with Crippen molar-refractivity contribution in [3.63, 3.8) is 0 Å². The Labute approximate surface area is 173 Å². The van der Waals surface area contributed by atoms with Crippen LogP contribution >= 0.6 is 0 Å². The van der Waals surface area contributed by atoms with E-state index in [9.17, 15) is 9.59 Å². The number of benzene rings is 2. The van der Waals surface area contributed by atoms with Gasteiger partial charge in [0.2, 0.25) is 0 Å². The van der Waals surface area contributed by atoms with Crippen molar-refractivity contribution in [2.24, 2.45) is 0 Å². The van der Waals surface area contributed by atoms with E-state index in [2.05, 4.69) is 15.4 Å². The fourth-order valence-electron chi connectivity index (χ4n) is 3.44. The van der Waals surface area contributed by atoms with Gasteiger partial charge in [0.15, 0.2) is 17.3 Å². The third-order valence-corrected chi connectivity index (χ3v) is 5.09. The Morgan fingerprint density at radius 2 is 1.60 bits per heavy atom. The second kappa shape index (κ2) is 7.94. The molecule has 154 valence electrons. The van der Waals surface area contributed by atoms with Crippen LogP contribution in [-0.2, 0) is 13.0 Å². The zero-order valence-corrected chi connectivity index (χ0v) is 17.0. The standard InChI is InChI=1S/C21H21N5O4/c1-13-10-17(29-2)18(30-3)11-14(13)12-26-23-19(22-24-26)8-9-25-20(27)15-6-4-5-7-16(15)21(25)28/h4-7,10-11H,8-9,12H2,1-3H3. The molecule has 0 saturated heterocycles. The molecule has 0 saturated carbocycles. The fraction of sp³-hybridized carbons (Fsp3) is 0.286. The molecule has 0 unspecified atom stereocenters. The molecule has 30 heavy (non-hydrogen) atoms. The molecule has 1 aromatic heterocycles. The number of imide groups is 1. The normalized spacial score (nSPS) is 13.0. The summed E-state index contributed by atoms with van der Waals surface area (Å²) in [6, 6.07) is 10.6. The number of hydrogen-bond acceptors (Lipinski definition) is 7. The van der Waals surface area contributed by atoms with Gasteiger partial charge in [-0.2, -0.15) is 4.80 Å². The summed E-state index contributed by atoms with van der Waals surface area (Å²) >= 11 is 0. The van der Waals surface area contributed by atoms with Crippen LogP contribution in [0.4, 0.5) is 0 Å². The minimum absolute atomic E-state index is 0.202. The molecule has 9 nitrogen and oxygen atoms in total. The number of amides is 2. The summed E-state index contributed by atoms with van der Waals surface area (Å²) < 4.78 is 10.7. The summed E-state index contributed by atoms with van der Waals surface area (Å²) in [5.41, 5.74) is 2.85. The fourth-order valence-corrected chi connectivity index (χ4v) is 3.44. The Bertz CT molecular complexity index is 1090. The predicted octanol–water partition coefficient (Wildman–Crippen LogP) is 1.89. The maximum atomic E-state index is 12.4. The van der Waals surface area contributed by atoms with Gasteiger partial charge in [-0.05, 0) is 47.5 Å². The first-order valence-electron chi connectivity index (χ1n) is 9.45. The first-order chi connectivity index (χ1) is 14.5. The lowest BCUT2D eigenvalue weighted by Gasteiger charge is -2.12. The summed E-state index contributed by atoms with van der Waals surface area (Å²) in [7, 11) is 3.18. The Morgan fingerprint density at radius 1 is 0.967 bits per heavy atom. The van der Waals surface area contributed by atoms with Crippen LogP contribution in [0.3, 0.4) is 0 Å². The maximum absolute atomic E-state index is 12.4. The zero-order valence-electron chi connectivity index (χ0n) is 17.0. The zero-order chi connectivity index (χ0) is 21.3. The molecule has 0 atom stereocenters. The molecule has 1 aliphatic heterocycles. The summed E-state index contributed by atoms with van der Waals surface area (Å²) in [5, 5.41) is 12.5. The van der Waals surface area contributed by atoms with Gasteiger partial charge >= 0.3 is 0 Å². The molecular weight excluding hydrogens is 386 g/mol. The average molecular weight is 407 g/mol. The second-order valence-electron chi connectivity index (χ2n) is 6.93. The van der Waals surface area contributed by atoms with E-state index in [0.717, 1.165) is 11.1 Å². The van der Waals surface area contributed by atoms with Crippen molar-refractivity contribution in [3.8, 4) is 11.5 Å². The van der Waals surface area contributed by atoms with Gasteiger partial charge in [-0.15, -0.1) is 10.2 Å². The summed E-state index contributed by atoms with van der Waals surface area (Å²) in [6.45, 7) is 2.58. The Kier molecular flexibility index (Phi) is 5.18. The number of fused-ring (bicyclic) bond motifs is 1. The van der Waals surface area contributed by atoms with Crippen LogP contribution in [-0.4, -0.2) is 57.7 Å². The molecular formula is C21H21N5O4. The Balaban J connectivity index is 1.43. The number of rotatable bonds is 7. The third kappa shape index (κ3) is 3.49. The predicted molar refractivity (Wildman–Crippen MR) is 107 cm³/mol. The maximum Gasteiger partial charge on any atom is 0.261 e. The van der Waals surface area contributed by atoms with Crippen LogP contribution in [0.5, 0.6) is 11.5 Å². The molecule has 2 aromatic carbocycles. The van der Waals surface area contributed by atoms with Gasteiger partial charge in [0.25, 0.3) is 11.8 Å². The molecule has 2 amide bonds. The van der Waals surface area contributed by atoms with Gasteiger partial charge in [0.1, 0.15) is 0 Å². The number of aromatic nitrogens is 4. The van der Waals surface area contributed by atoms with Crippen LogP contribution in [0, 0.1) is 6.92 Å². The van der Waals surface area contributed by atoms with E-state index in [1.165, 1.54) is 9.70 Å². The second-order valence-corrected chi connectivity index (χ2v) is 6.93. The van der Waals surface area contributed by atoms with E-state index in [-0.39, 0.29) is 18.4 Å².